The van der Waals surface area contributed by atoms with E-state index in [1.165, 1.54) is 17.4 Å². The van der Waals surface area contributed by atoms with E-state index in [0.29, 0.717) is 34.0 Å². The van der Waals surface area contributed by atoms with Gasteiger partial charge in [0.25, 0.3) is 0 Å². The van der Waals surface area contributed by atoms with E-state index in [0.717, 1.165) is 43.0 Å². The third kappa shape index (κ3) is 3.71. The van der Waals surface area contributed by atoms with E-state index in [4.69, 9.17) is 0 Å². The van der Waals surface area contributed by atoms with Crippen LogP contribution in [0.3, 0.4) is 0 Å². The van der Waals surface area contributed by atoms with Gasteiger partial charge in [0.1, 0.15) is 5.82 Å². The quantitative estimate of drug-likeness (QED) is 0.377. The van der Waals surface area contributed by atoms with E-state index in [1.54, 1.807) is 10.7 Å². The van der Waals surface area contributed by atoms with Crippen LogP contribution in [0.1, 0.15) is 6.92 Å². The van der Waals surface area contributed by atoms with Crippen LogP contribution in [-0.2, 0) is 6.54 Å². The van der Waals surface area contributed by atoms with Gasteiger partial charge in [-0.2, -0.15) is 4.98 Å². The van der Waals surface area contributed by atoms with Crippen molar-refractivity contribution in [2.24, 2.45) is 0 Å². The molecule has 0 spiro atoms. The Morgan fingerprint density at radius 3 is 2.60 bits per heavy atom. The number of aryl methyl sites for hydroxylation is 1. The van der Waals surface area contributed by atoms with Crippen molar-refractivity contribution < 1.29 is 4.39 Å². The number of piperazine rings is 1. The molecule has 7 nitrogen and oxygen atoms in total. The average molecular weight is 489 g/mol. The van der Waals surface area contributed by atoms with Gasteiger partial charge in [0.15, 0.2) is 5.82 Å². The Labute approximate surface area is 205 Å². The van der Waals surface area contributed by atoms with Gasteiger partial charge in [-0.3, -0.25) is 4.79 Å². The van der Waals surface area contributed by atoms with Gasteiger partial charge in [-0.15, -0.1) is 16.4 Å². The fraction of sp³-hybridized carbons (Fsp3) is 0.269. The Morgan fingerprint density at radius 1 is 1.09 bits per heavy atom. The molecule has 6 rings (SSSR count). The summed E-state index contributed by atoms with van der Waals surface area (Å²) in [5.41, 5.74) is 3.34. The lowest BCUT2D eigenvalue weighted by Crippen LogP contribution is -2.44. The maximum Gasteiger partial charge on any atom is 0.213 e. The Balaban J connectivity index is 1.48. The second-order valence-corrected chi connectivity index (χ2v) is 9.72. The molecule has 9 heteroatoms. The van der Waals surface area contributed by atoms with Gasteiger partial charge < -0.3 is 14.4 Å². The summed E-state index contributed by atoms with van der Waals surface area (Å²) < 4.78 is 19.0. The number of anilines is 1. The van der Waals surface area contributed by atoms with Crippen LogP contribution in [0.4, 0.5) is 10.1 Å². The topological polar surface area (TPSA) is 58.7 Å². The SMILES string of the molecule is CCn1cc(-c2nc3scc(-c4ccccc4)n3n2)c(=O)c2cc(F)c(N3CCN(C)CC3)cc21. The molecule has 178 valence electrons. The molecule has 2 aromatic carbocycles. The predicted molar refractivity (Wildman–Crippen MR) is 139 cm³/mol. The van der Waals surface area contributed by atoms with Crippen LogP contribution in [0.5, 0.6) is 0 Å². The largest absolute Gasteiger partial charge is 0.367 e. The third-order valence-electron chi connectivity index (χ3n) is 6.73. The first kappa shape index (κ1) is 21.9. The van der Waals surface area contributed by atoms with Crippen molar-refractivity contribution in [3.8, 4) is 22.6 Å². The van der Waals surface area contributed by atoms with Gasteiger partial charge in [0.2, 0.25) is 10.4 Å². The standard InChI is InChI=1S/C26H25FN6OS/c1-3-31-15-19(25-28-26-33(29-25)23(16-35-26)17-7-5-4-6-8-17)24(34)18-13-20(27)22(14-21(18)31)32-11-9-30(2)10-12-32/h4-8,13-16H,3,9-12H2,1-2H3. The highest BCUT2D eigenvalue weighted by Gasteiger charge is 2.22. The molecule has 0 radical (unpaired) electrons. The summed E-state index contributed by atoms with van der Waals surface area (Å²) in [7, 11) is 2.07. The summed E-state index contributed by atoms with van der Waals surface area (Å²) in [6.45, 7) is 5.92. The minimum absolute atomic E-state index is 0.256. The van der Waals surface area contributed by atoms with Crippen LogP contribution in [0.2, 0.25) is 0 Å². The van der Waals surface area contributed by atoms with Crippen molar-refractivity contribution in [3.63, 3.8) is 0 Å². The van der Waals surface area contributed by atoms with Crippen LogP contribution in [-0.4, -0.2) is 57.3 Å². The van der Waals surface area contributed by atoms with Crippen LogP contribution in [0.25, 0.3) is 38.5 Å². The van der Waals surface area contributed by atoms with E-state index in [-0.39, 0.29) is 11.2 Å². The van der Waals surface area contributed by atoms with Gasteiger partial charge in [-0.1, -0.05) is 30.3 Å². The fourth-order valence-corrected chi connectivity index (χ4v) is 5.54. The van der Waals surface area contributed by atoms with Crippen molar-refractivity contribution in [2.45, 2.75) is 13.5 Å². The molecule has 0 amide bonds. The zero-order chi connectivity index (χ0) is 24.1. The molecule has 0 N–H and O–H groups in total. The molecule has 5 aromatic rings. The third-order valence-corrected chi connectivity index (χ3v) is 7.54. The number of fused-ring (bicyclic) bond motifs is 2. The van der Waals surface area contributed by atoms with E-state index < -0.39 is 0 Å². The Hall–Kier alpha value is -3.56. The second kappa shape index (κ2) is 8.58. The monoisotopic (exact) mass is 488 g/mol. The Bertz CT molecular complexity index is 1600. The number of hydrogen-bond acceptors (Lipinski definition) is 6. The number of aromatic nitrogens is 4. The fourth-order valence-electron chi connectivity index (χ4n) is 4.71. The summed E-state index contributed by atoms with van der Waals surface area (Å²) in [6, 6.07) is 13.2. The predicted octanol–water partition coefficient (Wildman–Crippen LogP) is 4.35. The normalized spacial score (nSPS) is 14.9. The first-order valence-corrected chi connectivity index (χ1v) is 12.6. The molecule has 1 fully saturated rings. The smallest absolute Gasteiger partial charge is 0.213 e. The minimum atomic E-state index is -0.371. The van der Waals surface area contributed by atoms with Crippen molar-refractivity contribution in [1.82, 2.24) is 24.1 Å². The highest BCUT2D eigenvalue weighted by atomic mass is 32.1. The minimum Gasteiger partial charge on any atom is -0.367 e. The van der Waals surface area contributed by atoms with E-state index in [9.17, 15) is 4.79 Å². The molecule has 0 saturated carbocycles. The first-order chi connectivity index (χ1) is 17.0. The van der Waals surface area contributed by atoms with Gasteiger partial charge in [0, 0.05) is 55.3 Å². The molecule has 3 aromatic heterocycles. The highest BCUT2D eigenvalue weighted by molar-refractivity contribution is 7.15. The zero-order valence-electron chi connectivity index (χ0n) is 19.6. The van der Waals surface area contributed by atoms with E-state index >= 15 is 4.39 Å². The van der Waals surface area contributed by atoms with Gasteiger partial charge in [0.05, 0.1) is 22.5 Å². The second-order valence-electron chi connectivity index (χ2n) is 8.89. The summed E-state index contributed by atoms with van der Waals surface area (Å²) in [4.78, 5) is 23.2. The van der Waals surface area contributed by atoms with Gasteiger partial charge in [-0.25, -0.2) is 8.91 Å². The number of halogens is 1. The molecule has 0 aliphatic carbocycles. The summed E-state index contributed by atoms with van der Waals surface area (Å²) in [5.74, 6) is -0.0178. The van der Waals surface area contributed by atoms with Crippen LogP contribution < -0.4 is 10.3 Å². The number of nitrogens with zero attached hydrogens (tertiary/aromatic N) is 6. The van der Waals surface area contributed by atoms with Crippen LogP contribution in [0, 0.1) is 5.82 Å². The summed E-state index contributed by atoms with van der Waals surface area (Å²) in [6.07, 6.45) is 1.80. The van der Waals surface area contributed by atoms with E-state index in [1.807, 2.05) is 53.3 Å². The zero-order valence-corrected chi connectivity index (χ0v) is 20.4. The maximum absolute atomic E-state index is 15.3. The number of pyridine rings is 1. The number of likely N-dealkylation sites (N-methyl/N-ethyl adjacent to an activating group) is 1. The molecular weight excluding hydrogens is 463 g/mol. The molecule has 0 atom stereocenters. The number of rotatable bonds is 4. The van der Waals surface area contributed by atoms with Crippen molar-refractivity contribution in [3.05, 3.63) is 70.1 Å². The van der Waals surface area contributed by atoms with Crippen molar-refractivity contribution in [2.75, 3.05) is 38.1 Å². The molecular formula is C26H25FN6OS. The molecule has 35 heavy (non-hydrogen) atoms. The Kier molecular flexibility index (Phi) is 5.38. The first-order valence-electron chi connectivity index (χ1n) is 11.7. The summed E-state index contributed by atoms with van der Waals surface area (Å²) >= 11 is 1.48. The van der Waals surface area contributed by atoms with Crippen LogP contribution in [0.15, 0.2) is 58.8 Å². The molecule has 1 saturated heterocycles. The molecule has 0 bridgehead atoms. The average Bonchev–Trinajstić information content (AvgIpc) is 3.46. The van der Waals surface area contributed by atoms with Gasteiger partial charge >= 0.3 is 0 Å². The lowest BCUT2D eigenvalue weighted by molar-refractivity contribution is 0.312. The highest BCUT2D eigenvalue weighted by Crippen LogP contribution is 2.29. The number of thiazole rings is 1. The molecule has 0 unspecified atom stereocenters. The van der Waals surface area contributed by atoms with Crippen molar-refractivity contribution >= 4 is 32.9 Å². The Morgan fingerprint density at radius 2 is 1.86 bits per heavy atom. The van der Waals surface area contributed by atoms with Crippen molar-refractivity contribution in [1.29, 1.82) is 0 Å². The molecule has 4 heterocycles. The molecule has 1 aliphatic heterocycles. The lowest BCUT2D eigenvalue weighted by atomic mass is 10.1. The summed E-state index contributed by atoms with van der Waals surface area (Å²) in [5, 5.41) is 7.04. The molecule has 1 aliphatic rings. The number of benzene rings is 2. The van der Waals surface area contributed by atoms with Gasteiger partial charge in [-0.05, 0) is 26.1 Å². The van der Waals surface area contributed by atoms with E-state index in [2.05, 4.69) is 26.9 Å². The number of hydrogen-bond donors (Lipinski definition) is 0. The maximum atomic E-state index is 15.3. The van der Waals surface area contributed by atoms with Crippen LogP contribution >= 0.6 is 11.3 Å². The lowest BCUT2D eigenvalue weighted by Gasteiger charge is -2.34.